The third kappa shape index (κ3) is 7.56. The molecule has 1 N–H and O–H groups in total. The second kappa shape index (κ2) is 12.3. The quantitative estimate of drug-likeness (QED) is 0.509. The van der Waals surface area contributed by atoms with E-state index in [-0.39, 0.29) is 18.1 Å². The van der Waals surface area contributed by atoms with Gasteiger partial charge in [0.2, 0.25) is 21.8 Å². The molecule has 0 aliphatic heterocycles. The number of sulfonamides is 1. The van der Waals surface area contributed by atoms with E-state index < -0.39 is 34.3 Å². The molecular formula is C24H32FN3O4S. The Hall–Kier alpha value is -2.94. The molecule has 0 fully saturated rings. The number of halogens is 1. The van der Waals surface area contributed by atoms with Gasteiger partial charge in [-0.15, -0.1) is 0 Å². The van der Waals surface area contributed by atoms with Gasteiger partial charge in [-0.05, 0) is 37.0 Å². The van der Waals surface area contributed by atoms with Crippen LogP contribution in [0.1, 0.15) is 32.3 Å². The van der Waals surface area contributed by atoms with E-state index in [0.717, 1.165) is 28.6 Å². The average molecular weight is 478 g/mol. The van der Waals surface area contributed by atoms with Crippen molar-refractivity contribution < 1.29 is 22.4 Å². The minimum atomic E-state index is -3.96. The van der Waals surface area contributed by atoms with E-state index in [0.29, 0.717) is 19.4 Å². The van der Waals surface area contributed by atoms with Crippen molar-refractivity contribution in [2.75, 3.05) is 30.2 Å². The molecule has 2 aromatic rings. The van der Waals surface area contributed by atoms with Crippen LogP contribution in [0.5, 0.6) is 0 Å². The van der Waals surface area contributed by atoms with Crippen LogP contribution in [0.2, 0.25) is 0 Å². The molecule has 33 heavy (non-hydrogen) atoms. The first-order valence-electron chi connectivity index (χ1n) is 11.0. The van der Waals surface area contributed by atoms with Gasteiger partial charge in [0.1, 0.15) is 18.4 Å². The Labute approximate surface area is 195 Å². The molecule has 0 spiro atoms. The smallest absolute Gasteiger partial charge is 0.244 e. The van der Waals surface area contributed by atoms with Gasteiger partial charge in [-0.3, -0.25) is 13.9 Å². The highest BCUT2D eigenvalue weighted by molar-refractivity contribution is 7.92. The number of nitrogens with one attached hydrogen (secondary N) is 1. The van der Waals surface area contributed by atoms with Crippen molar-refractivity contribution in [1.29, 1.82) is 0 Å². The molecule has 2 aromatic carbocycles. The van der Waals surface area contributed by atoms with Gasteiger partial charge in [0.15, 0.2) is 0 Å². The zero-order valence-corrected chi connectivity index (χ0v) is 20.1. The summed E-state index contributed by atoms with van der Waals surface area (Å²) in [4.78, 5) is 27.6. The average Bonchev–Trinajstić information content (AvgIpc) is 2.79. The molecule has 0 bridgehead atoms. The van der Waals surface area contributed by atoms with Crippen molar-refractivity contribution in [2.45, 2.75) is 39.2 Å². The lowest BCUT2D eigenvalue weighted by atomic mass is 10.1. The first-order chi connectivity index (χ1) is 15.7. The Morgan fingerprint density at radius 1 is 1.03 bits per heavy atom. The van der Waals surface area contributed by atoms with Crippen LogP contribution in [0.4, 0.5) is 10.1 Å². The van der Waals surface area contributed by atoms with Gasteiger partial charge in [0, 0.05) is 13.1 Å². The molecule has 2 rings (SSSR count). The van der Waals surface area contributed by atoms with Crippen molar-refractivity contribution in [1.82, 2.24) is 10.2 Å². The van der Waals surface area contributed by atoms with Gasteiger partial charge in [-0.25, -0.2) is 12.8 Å². The van der Waals surface area contributed by atoms with Crippen LogP contribution in [-0.4, -0.2) is 57.1 Å². The highest BCUT2D eigenvalue weighted by Crippen LogP contribution is 2.22. The third-order valence-corrected chi connectivity index (χ3v) is 6.35. The number of amides is 2. The van der Waals surface area contributed by atoms with E-state index >= 15 is 0 Å². The maximum absolute atomic E-state index is 14.4. The van der Waals surface area contributed by atoms with Crippen molar-refractivity contribution in [2.24, 2.45) is 0 Å². The van der Waals surface area contributed by atoms with Crippen molar-refractivity contribution in [3.05, 3.63) is 66.0 Å². The predicted molar refractivity (Wildman–Crippen MR) is 128 cm³/mol. The molecule has 0 heterocycles. The Balaban J connectivity index is 2.35. The monoisotopic (exact) mass is 477 g/mol. The second-order valence-electron chi connectivity index (χ2n) is 7.76. The maximum Gasteiger partial charge on any atom is 0.244 e. The molecule has 0 unspecified atom stereocenters. The molecule has 2 amide bonds. The number of carbonyl (C=O) groups excluding carboxylic acids is 2. The standard InChI is InChI=1S/C24H32FN3O4S/c1-4-16-26-24(30)21(5-2)27(17-15-19-11-7-6-8-12-19)23(29)18-28(33(3,31)32)22-14-10-9-13-20(22)25/h6-14,21H,4-5,15-18H2,1-3H3,(H,26,30)/t21-/m0/s1. The summed E-state index contributed by atoms with van der Waals surface area (Å²) in [5.74, 6) is -1.62. The minimum absolute atomic E-state index is 0.208. The van der Waals surface area contributed by atoms with Gasteiger partial charge < -0.3 is 10.2 Å². The first-order valence-corrected chi connectivity index (χ1v) is 12.9. The Bertz CT molecular complexity index is 1030. The highest BCUT2D eigenvalue weighted by atomic mass is 32.2. The lowest BCUT2D eigenvalue weighted by Crippen LogP contribution is -2.53. The topological polar surface area (TPSA) is 86.8 Å². The number of para-hydroxylation sites is 1. The molecule has 7 nitrogen and oxygen atoms in total. The fourth-order valence-corrected chi connectivity index (χ4v) is 4.36. The number of benzene rings is 2. The summed E-state index contributed by atoms with van der Waals surface area (Å²) >= 11 is 0. The van der Waals surface area contributed by atoms with Crippen LogP contribution in [-0.2, 0) is 26.0 Å². The van der Waals surface area contributed by atoms with Crippen LogP contribution in [0.25, 0.3) is 0 Å². The maximum atomic E-state index is 14.4. The first kappa shape index (κ1) is 26.3. The van der Waals surface area contributed by atoms with Crippen LogP contribution < -0.4 is 9.62 Å². The van der Waals surface area contributed by atoms with E-state index in [9.17, 15) is 22.4 Å². The molecule has 180 valence electrons. The molecule has 0 aliphatic rings. The largest absolute Gasteiger partial charge is 0.354 e. The summed E-state index contributed by atoms with van der Waals surface area (Å²) in [6, 6.07) is 14.1. The number of anilines is 1. The SMILES string of the molecule is CCCNC(=O)[C@H](CC)N(CCc1ccccc1)C(=O)CN(c1ccccc1F)S(C)(=O)=O. The molecule has 0 saturated carbocycles. The summed E-state index contributed by atoms with van der Waals surface area (Å²) < 4.78 is 40.0. The van der Waals surface area contributed by atoms with Crippen LogP contribution in [0, 0.1) is 5.82 Å². The van der Waals surface area contributed by atoms with Gasteiger partial charge >= 0.3 is 0 Å². The summed E-state index contributed by atoms with van der Waals surface area (Å²) in [5.41, 5.74) is 0.771. The van der Waals surface area contributed by atoms with E-state index in [4.69, 9.17) is 0 Å². The molecule has 1 atom stereocenters. The summed E-state index contributed by atoms with van der Waals surface area (Å²) in [5, 5.41) is 2.82. The molecule has 9 heteroatoms. The van der Waals surface area contributed by atoms with Gasteiger partial charge in [-0.2, -0.15) is 0 Å². The van der Waals surface area contributed by atoms with E-state index in [1.165, 1.54) is 23.1 Å². The number of nitrogens with zero attached hydrogens (tertiary/aromatic N) is 2. The summed E-state index contributed by atoms with van der Waals surface area (Å²) in [7, 11) is -3.96. The normalized spacial score (nSPS) is 12.1. The Morgan fingerprint density at radius 3 is 2.24 bits per heavy atom. The van der Waals surface area contributed by atoms with Gasteiger partial charge in [-0.1, -0.05) is 56.3 Å². The Morgan fingerprint density at radius 2 is 1.67 bits per heavy atom. The summed E-state index contributed by atoms with van der Waals surface area (Å²) in [6.07, 6.45) is 2.51. The molecule has 0 aromatic heterocycles. The number of rotatable bonds is 12. The predicted octanol–water partition coefficient (Wildman–Crippen LogP) is 2.97. The fraction of sp³-hybridized carbons (Fsp3) is 0.417. The second-order valence-corrected chi connectivity index (χ2v) is 9.67. The van der Waals surface area contributed by atoms with Gasteiger partial charge in [0.25, 0.3) is 0 Å². The number of hydrogen-bond acceptors (Lipinski definition) is 4. The third-order valence-electron chi connectivity index (χ3n) is 5.22. The van der Waals surface area contributed by atoms with Crippen molar-refractivity contribution in [3.63, 3.8) is 0 Å². The van der Waals surface area contributed by atoms with E-state index in [1.807, 2.05) is 37.3 Å². The van der Waals surface area contributed by atoms with E-state index in [2.05, 4.69) is 5.32 Å². The lowest BCUT2D eigenvalue weighted by molar-refractivity contribution is -0.139. The van der Waals surface area contributed by atoms with E-state index in [1.54, 1.807) is 6.92 Å². The Kier molecular flexibility index (Phi) is 9.84. The molecule has 0 aliphatic carbocycles. The zero-order chi connectivity index (χ0) is 24.4. The molecule has 0 radical (unpaired) electrons. The van der Waals surface area contributed by atoms with Crippen LogP contribution in [0.3, 0.4) is 0 Å². The molecular weight excluding hydrogens is 445 g/mol. The van der Waals surface area contributed by atoms with Gasteiger partial charge in [0.05, 0.1) is 11.9 Å². The van der Waals surface area contributed by atoms with Crippen molar-refractivity contribution >= 4 is 27.5 Å². The zero-order valence-electron chi connectivity index (χ0n) is 19.3. The lowest BCUT2D eigenvalue weighted by Gasteiger charge is -2.32. The van der Waals surface area contributed by atoms with Crippen molar-refractivity contribution in [3.8, 4) is 0 Å². The molecule has 0 saturated heterocycles. The minimum Gasteiger partial charge on any atom is -0.354 e. The highest BCUT2D eigenvalue weighted by Gasteiger charge is 2.31. The fourth-order valence-electron chi connectivity index (χ4n) is 3.51. The number of carbonyl (C=O) groups is 2. The van der Waals surface area contributed by atoms with Crippen LogP contribution in [0.15, 0.2) is 54.6 Å². The summed E-state index contributed by atoms with van der Waals surface area (Å²) in [6.45, 7) is 3.81. The number of hydrogen-bond donors (Lipinski definition) is 1. The van der Waals surface area contributed by atoms with Crippen LogP contribution >= 0.6 is 0 Å².